The third-order valence-electron chi connectivity index (χ3n) is 4.38. The van der Waals surface area contributed by atoms with E-state index in [0.29, 0.717) is 17.3 Å². The molecule has 0 bridgehead atoms. The summed E-state index contributed by atoms with van der Waals surface area (Å²) >= 11 is 0. The lowest BCUT2D eigenvalue weighted by Crippen LogP contribution is -2.24. The minimum atomic E-state index is -4.64. The predicted octanol–water partition coefficient (Wildman–Crippen LogP) is 4.69. The second-order valence-corrected chi connectivity index (χ2v) is 6.74. The van der Waals surface area contributed by atoms with Crippen LogP contribution in [0.5, 0.6) is 11.5 Å². The van der Waals surface area contributed by atoms with Crippen molar-refractivity contribution in [2.24, 2.45) is 0 Å². The normalized spacial score (nSPS) is 11.3. The highest BCUT2D eigenvalue weighted by atomic mass is 19.4. The smallest absolute Gasteiger partial charge is 0.416 e. The number of nitrogens with one attached hydrogen (secondary N) is 1. The van der Waals surface area contributed by atoms with Crippen molar-refractivity contribution in [3.63, 3.8) is 0 Å². The van der Waals surface area contributed by atoms with E-state index in [1.165, 1.54) is 19.2 Å². The number of hydrogen-bond donors (Lipinski definition) is 2. The number of rotatable bonds is 7. The third kappa shape index (κ3) is 5.73. The number of nitrogen functional groups attached to an aromatic ring is 1. The molecule has 0 saturated heterocycles. The Morgan fingerprint density at radius 2 is 1.81 bits per heavy atom. The SMILES string of the molecule is COCc1ccc(C(=O)NCc2ccc(Oc3ccc(C(F)(F)F)cc3F)cc2)c(N)n1. The summed E-state index contributed by atoms with van der Waals surface area (Å²) in [6.07, 6.45) is -4.64. The highest BCUT2D eigenvalue weighted by Crippen LogP contribution is 2.33. The van der Waals surface area contributed by atoms with E-state index in [4.69, 9.17) is 15.2 Å². The molecule has 1 heterocycles. The number of methoxy groups -OCH3 is 1. The second-order valence-electron chi connectivity index (χ2n) is 6.74. The van der Waals surface area contributed by atoms with Crippen molar-refractivity contribution in [1.29, 1.82) is 0 Å². The fourth-order valence-electron chi connectivity index (χ4n) is 2.78. The number of aromatic nitrogens is 1. The Balaban J connectivity index is 1.60. The van der Waals surface area contributed by atoms with Gasteiger partial charge in [0.25, 0.3) is 5.91 Å². The number of alkyl halides is 3. The van der Waals surface area contributed by atoms with Crippen molar-refractivity contribution in [3.05, 3.63) is 82.8 Å². The molecule has 32 heavy (non-hydrogen) atoms. The van der Waals surface area contributed by atoms with Crippen molar-refractivity contribution in [1.82, 2.24) is 10.3 Å². The number of benzene rings is 2. The molecule has 3 N–H and O–H groups in total. The van der Waals surface area contributed by atoms with Crippen molar-refractivity contribution in [3.8, 4) is 11.5 Å². The average Bonchev–Trinajstić information content (AvgIpc) is 2.74. The first-order valence-electron chi connectivity index (χ1n) is 9.33. The van der Waals surface area contributed by atoms with Gasteiger partial charge in [-0.1, -0.05) is 12.1 Å². The first-order chi connectivity index (χ1) is 15.2. The van der Waals surface area contributed by atoms with Gasteiger partial charge in [-0.05, 0) is 48.0 Å². The molecule has 0 atom stereocenters. The minimum absolute atomic E-state index is 0.0827. The molecule has 0 saturated carbocycles. The van der Waals surface area contributed by atoms with Gasteiger partial charge in [-0.15, -0.1) is 0 Å². The summed E-state index contributed by atoms with van der Waals surface area (Å²) < 4.78 is 62.1. The molecular formula is C22H19F4N3O3. The van der Waals surface area contributed by atoms with E-state index in [2.05, 4.69) is 10.3 Å². The Morgan fingerprint density at radius 1 is 1.09 bits per heavy atom. The standard InChI is InChI=1S/C22H19F4N3O3/c1-31-12-15-5-8-17(20(27)29-15)21(30)28-11-13-2-6-16(7-3-13)32-19-9-4-14(10-18(19)23)22(24,25)26/h2-10H,11-12H2,1H3,(H2,27,29)(H,28,30). The van der Waals surface area contributed by atoms with E-state index in [1.807, 2.05) is 0 Å². The number of nitrogens with two attached hydrogens (primary N) is 1. The zero-order valence-electron chi connectivity index (χ0n) is 16.9. The van der Waals surface area contributed by atoms with Crippen LogP contribution in [-0.4, -0.2) is 18.0 Å². The number of hydrogen-bond acceptors (Lipinski definition) is 5. The van der Waals surface area contributed by atoms with Crippen molar-refractivity contribution in [2.45, 2.75) is 19.3 Å². The molecule has 0 aliphatic heterocycles. The van der Waals surface area contributed by atoms with Gasteiger partial charge in [0, 0.05) is 13.7 Å². The van der Waals surface area contributed by atoms with Gasteiger partial charge in [0.2, 0.25) is 0 Å². The molecule has 0 aliphatic rings. The van der Waals surface area contributed by atoms with Gasteiger partial charge in [-0.25, -0.2) is 9.37 Å². The highest BCUT2D eigenvalue weighted by molar-refractivity contribution is 5.98. The first kappa shape index (κ1) is 23.0. The summed E-state index contributed by atoms with van der Waals surface area (Å²) in [5.74, 6) is -1.57. The zero-order valence-corrected chi connectivity index (χ0v) is 16.9. The maximum absolute atomic E-state index is 13.9. The van der Waals surface area contributed by atoms with Crippen LogP contribution < -0.4 is 15.8 Å². The van der Waals surface area contributed by atoms with Crippen molar-refractivity contribution < 1.29 is 31.8 Å². The molecule has 168 valence electrons. The number of anilines is 1. The van der Waals surface area contributed by atoms with Gasteiger partial charge >= 0.3 is 6.18 Å². The Bertz CT molecular complexity index is 1100. The molecule has 0 spiro atoms. The molecule has 0 radical (unpaired) electrons. The largest absolute Gasteiger partial charge is 0.454 e. The van der Waals surface area contributed by atoms with Crippen LogP contribution in [0.2, 0.25) is 0 Å². The molecule has 3 aromatic rings. The minimum Gasteiger partial charge on any atom is -0.454 e. The summed E-state index contributed by atoms with van der Waals surface area (Å²) in [7, 11) is 1.52. The second kappa shape index (κ2) is 9.65. The van der Waals surface area contributed by atoms with Crippen LogP contribution in [0.25, 0.3) is 0 Å². The monoisotopic (exact) mass is 449 g/mol. The van der Waals surface area contributed by atoms with E-state index in [-0.39, 0.29) is 36.0 Å². The van der Waals surface area contributed by atoms with E-state index >= 15 is 0 Å². The topological polar surface area (TPSA) is 86.5 Å². The summed E-state index contributed by atoms with van der Waals surface area (Å²) in [4.78, 5) is 16.4. The van der Waals surface area contributed by atoms with E-state index in [1.54, 1.807) is 24.3 Å². The average molecular weight is 449 g/mol. The summed E-state index contributed by atoms with van der Waals surface area (Å²) in [5.41, 5.74) is 6.26. The summed E-state index contributed by atoms with van der Waals surface area (Å²) in [6, 6.07) is 11.5. The number of halogens is 4. The Hall–Kier alpha value is -3.66. The molecule has 3 rings (SSSR count). The Morgan fingerprint density at radius 3 is 2.41 bits per heavy atom. The number of nitrogens with zero attached hydrogens (tertiary/aromatic N) is 1. The van der Waals surface area contributed by atoms with Crippen LogP contribution in [0.15, 0.2) is 54.6 Å². The van der Waals surface area contributed by atoms with Gasteiger partial charge < -0.3 is 20.5 Å². The lowest BCUT2D eigenvalue weighted by atomic mass is 10.2. The molecule has 0 unspecified atom stereocenters. The van der Waals surface area contributed by atoms with Crippen LogP contribution >= 0.6 is 0 Å². The van der Waals surface area contributed by atoms with Crippen molar-refractivity contribution >= 4 is 11.7 Å². The lowest BCUT2D eigenvalue weighted by Gasteiger charge is -2.11. The maximum atomic E-state index is 13.9. The zero-order chi connectivity index (χ0) is 23.3. The van der Waals surface area contributed by atoms with Gasteiger partial charge in [-0.2, -0.15) is 13.2 Å². The Kier molecular flexibility index (Phi) is 6.94. The molecule has 2 aromatic carbocycles. The van der Waals surface area contributed by atoms with Crippen LogP contribution in [0.4, 0.5) is 23.4 Å². The summed E-state index contributed by atoms with van der Waals surface area (Å²) in [6.45, 7) is 0.448. The van der Waals surface area contributed by atoms with E-state index in [9.17, 15) is 22.4 Å². The molecule has 6 nitrogen and oxygen atoms in total. The quantitative estimate of drug-likeness (QED) is 0.511. The fourth-order valence-corrected chi connectivity index (χ4v) is 2.78. The van der Waals surface area contributed by atoms with E-state index < -0.39 is 23.5 Å². The number of carbonyl (C=O) groups is 1. The van der Waals surface area contributed by atoms with Gasteiger partial charge in [0.1, 0.15) is 11.6 Å². The number of carbonyl (C=O) groups excluding carboxylic acids is 1. The predicted molar refractivity (Wildman–Crippen MR) is 108 cm³/mol. The molecule has 1 aromatic heterocycles. The molecule has 0 fully saturated rings. The Labute approximate surface area is 181 Å². The molecule has 0 aliphatic carbocycles. The summed E-state index contributed by atoms with van der Waals surface area (Å²) in [5, 5.41) is 2.71. The third-order valence-corrected chi connectivity index (χ3v) is 4.38. The van der Waals surface area contributed by atoms with Crippen LogP contribution in [0.1, 0.15) is 27.2 Å². The number of ether oxygens (including phenoxy) is 2. The number of amides is 1. The molecule has 10 heteroatoms. The van der Waals surface area contributed by atoms with Crippen LogP contribution in [0.3, 0.4) is 0 Å². The van der Waals surface area contributed by atoms with Gasteiger partial charge in [0.05, 0.1) is 23.4 Å². The maximum Gasteiger partial charge on any atom is 0.416 e. The van der Waals surface area contributed by atoms with Crippen LogP contribution in [-0.2, 0) is 24.1 Å². The van der Waals surface area contributed by atoms with Crippen LogP contribution in [0, 0.1) is 5.82 Å². The number of pyridine rings is 1. The van der Waals surface area contributed by atoms with Gasteiger partial charge in [-0.3, -0.25) is 4.79 Å². The van der Waals surface area contributed by atoms with Gasteiger partial charge in [0.15, 0.2) is 11.6 Å². The highest BCUT2D eigenvalue weighted by Gasteiger charge is 2.31. The first-order valence-corrected chi connectivity index (χ1v) is 9.33. The lowest BCUT2D eigenvalue weighted by molar-refractivity contribution is -0.137. The van der Waals surface area contributed by atoms with Crippen molar-refractivity contribution in [2.75, 3.05) is 12.8 Å². The fraction of sp³-hybridized carbons (Fsp3) is 0.182. The molecular weight excluding hydrogens is 430 g/mol. The molecule has 1 amide bonds. The van der Waals surface area contributed by atoms with E-state index in [0.717, 1.165) is 12.1 Å².